The Hall–Kier alpha value is -0.820. The maximum absolute atomic E-state index is 10.9. The van der Waals surface area contributed by atoms with Gasteiger partial charge in [-0.05, 0) is 42.7 Å². The lowest BCUT2D eigenvalue weighted by molar-refractivity contribution is 0.0241. The number of rotatable bonds is 5. The normalized spacial score (nSPS) is 27.2. The van der Waals surface area contributed by atoms with Crippen molar-refractivity contribution in [3.05, 3.63) is 35.4 Å². The maximum Gasteiger partial charge on any atom is 0.0688 e. The quantitative estimate of drug-likeness (QED) is 0.757. The molecule has 1 aromatic carbocycles. The average molecular weight is 274 g/mol. The van der Waals surface area contributed by atoms with E-state index in [1.165, 1.54) is 43.2 Å². The van der Waals surface area contributed by atoms with Crippen LogP contribution in [0.2, 0.25) is 0 Å². The Morgan fingerprint density at radius 3 is 2.40 bits per heavy atom. The number of hydrogen-bond acceptors (Lipinski definition) is 1. The zero-order valence-electron chi connectivity index (χ0n) is 13.2. The van der Waals surface area contributed by atoms with Gasteiger partial charge < -0.3 is 5.11 Å². The van der Waals surface area contributed by atoms with Crippen molar-refractivity contribution in [3.8, 4) is 0 Å². The molecule has 1 heteroatoms. The fourth-order valence-corrected chi connectivity index (χ4v) is 3.61. The standard InChI is InChI=1S/C19H30O/c1-3-6-17-7-5-13-19(20,14-12-17)15-18-10-8-16(4-2)9-11-18/h8-11,17,20H,3-7,12-15H2,1-2H3. The van der Waals surface area contributed by atoms with Gasteiger partial charge in [0.25, 0.3) is 0 Å². The van der Waals surface area contributed by atoms with E-state index in [9.17, 15) is 5.11 Å². The summed E-state index contributed by atoms with van der Waals surface area (Å²) in [6.45, 7) is 4.45. The van der Waals surface area contributed by atoms with Crippen molar-refractivity contribution in [1.82, 2.24) is 0 Å². The smallest absolute Gasteiger partial charge is 0.0688 e. The zero-order valence-corrected chi connectivity index (χ0v) is 13.2. The summed E-state index contributed by atoms with van der Waals surface area (Å²) in [7, 11) is 0. The number of benzene rings is 1. The van der Waals surface area contributed by atoms with Crippen LogP contribution in [0.1, 0.15) is 69.9 Å². The molecular weight excluding hydrogens is 244 g/mol. The summed E-state index contributed by atoms with van der Waals surface area (Å²) in [5.41, 5.74) is 2.21. The molecule has 0 amide bonds. The van der Waals surface area contributed by atoms with Crippen molar-refractivity contribution in [2.45, 2.75) is 77.2 Å². The highest BCUT2D eigenvalue weighted by Crippen LogP contribution is 2.34. The summed E-state index contributed by atoms with van der Waals surface area (Å²) >= 11 is 0. The van der Waals surface area contributed by atoms with Gasteiger partial charge in [0.05, 0.1) is 5.60 Å². The number of hydrogen-bond donors (Lipinski definition) is 1. The highest BCUT2D eigenvalue weighted by atomic mass is 16.3. The van der Waals surface area contributed by atoms with E-state index < -0.39 is 5.60 Å². The minimum atomic E-state index is -0.462. The van der Waals surface area contributed by atoms with Gasteiger partial charge in [0.2, 0.25) is 0 Å². The highest BCUT2D eigenvalue weighted by molar-refractivity contribution is 5.23. The van der Waals surface area contributed by atoms with Crippen molar-refractivity contribution in [3.63, 3.8) is 0 Å². The lowest BCUT2D eigenvalue weighted by Gasteiger charge is -2.27. The van der Waals surface area contributed by atoms with Crippen LogP contribution in [0.15, 0.2) is 24.3 Å². The largest absolute Gasteiger partial charge is 0.390 e. The molecule has 112 valence electrons. The lowest BCUT2D eigenvalue weighted by Crippen LogP contribution is -2.30. The van der Waals surface area contributed by atoms with Gasteiger partial charge in [-0.2, -0.15) is 0 Å². The Kier molecular flexibility index (Phi) is 5.65. The molecule has 1 aliphatic carbocycles. The molecule has 0 bridgehead atoms. The Morgan fingerprint density at radius 1 is 1.05 bits per heavy atom. The van der Waals surface area contributed by atoms with Crippen molar-refractivity contribution in [1.29, 1.82) is 0 Å². The Balaban J connectivity index is 1.95. The van der Waals surface area contributed by atoms with Gasteiger partial charge in [-0.15, -0.1) is 0 Å². The molecule has 2 unspecified atom stereocenters. The van der Waals surface area contributed by atoms with Crippen LogP contribution in [0.3, 0.4) is 0 Å². The molecule has 1 fully saturated rings. The van der Waals surface area contributed by atoms with Crippen LogP contribution >= 0.6 is 0 Å². The minimum Gasteiger partial charge on any atom is -0.390 e. The van der Waals surface area contributed by atoms with Crippen molar-refractivity contribution in [2.75, 3.05) is 0 Å². The first-order chi connectivity index (χ1) is 9.65. The lowest BCUT2D eigenvalue weighted by atomic mass is 9.86. The van der Waals surface area contributed by atoms with Gasteiger partial charge >= 0.3 is 0 Å². The molecule has 0 spiro atoms. The molecule has 2 atom stereocenters. The Morgan fingerprint density at radius 2 is 1.75 bits per heavy atom. The van der Waals surface area contributed by atoms with Crippen LogP contribution < -0.4 is 0 Å². The van der Waals surface area contributed by atoms with E-state index in [1.54, 1.807) is 0 Å². The van der Waals surface area contributed by atoms with Gasteiger partial charge in [0.1, 0.15) is 0 Å². The van der Waals surface area contributed by atoms with Gasteiger partial charge in [-0.1, -0.05) is 63.8 Å². The van der Waals surface area contributed by atoms with E-state index in [0.29, 0.717) is 0 Å². The zero-order chi connectivity index (χ0) is 14.4. The van der Waals surface area contributed by atoms with Gasteiger partial charge in [0, 0.05) is 6.42 Å². The number of aliphatic hydroxyl groups is 1. The molecule has 0 aliphatic heterocycles. The van der Waals surface area contributed by atoms with Crippen LogP contribution in [-0.4, -0.2) is 10.7 Å². The molecule has 1 N–H and O–H groups in total. The monoisotopic (exact) mass is 274 g/mol. The Bertz CT molecular complexity index is 395. The minimum absolute atomic E-state index is 0.462. The van der Waals surface area contributed by atoms with Crippen LogP contribution in [0.25, 0.3) is 0 Å². The second kappa shape index (κ2) is 7.26. The van der Waals surface area contributed by atoms with Crippen LogP contribution in [0, 0.1) is 5.92 Å². The van der Waals surface area contributed by atoms with Crippen LogP contribution in [0.4, 0.5) is 0 Å². The van der Waals surface area contributed by atoms with Gasteiger partial charge in [-0.25, -0.2) is 0 Å². The van der Waals surface area contributed by atoms with E-state index in [0.717, 1.165) is 31.6 Å². The molecule has 2 rings (SSSR count). The van der Waals surface area contributed by atoms with E-state index in [2.05, 4.69) is 38.1 Å². The predicted octanol–water partition coefficient (Wildman–Crippen LogP) is 4.90. The number of aryl methyl sites for hydroxylation is 1. The molecule has 1 nitrogen and oxygen atoms in total. The summed E-state index contributed by atoms with van der Waals surface area (Å²) in [5, 5.41) is 10.9. The van der Waals surface area contributed by atoms with E-state index in [1.807, 2.05) is 0 Å². The van der Waals surface area contributed by atoms with Crippen molar-refractivity contribution < 1.29 is 5.11 Å². The topological polar surface area (TPSA) is 20.2 Å². The van der Waals surface area contributed by atoms with Crippen molar-refractivity contribution in [2.24, 2.45) is 5.92 Å². The van der Waals surface area contributed by atoms with Crippen LogP contribution in [-0.2, 0) is 12.8 Å². The van der Waals surface area contributed by atoms with E-state index >= 15 is 0 Å². The van der Waals surface area contributed by atoms with E-state index in [4.69, 9.17) is 0 Å². The Labute approximate surface area is 124 Å². The molecular formula is C19H30O. The molecule has 0 saturated heterocycles. The fourth-order valence-electron chi connectivity index (χ4n) is 3.61. The van der Waals surface area contributed by atoms with Gasteiger partial charge in [0.15, 0.2) is 0 Å². The molecule has 1 aromatic rings. The van der Waals surface area contributed by atoms with Crippen LogP contribution in [0.5, 0.6) is 0 Å². The third-order valence-corrected chi connectivity index (χ3v) is 4.93. The van der Waals surface area contributed by atoms with E-state index in [-0.39, 0.29) is 0 Å². The molecule has 0 aromatic heterocycles. The second-order valence-electron chi connectivity index (χ2n) is 6.66. The molecule has 1 aliphatic rings. The van der Waals surface area contributed by atoms with Crippen molar-refractivity contribution >= 4 is 0 Å². The third kappa shape index (κ3) is 4.34. The fraction of sp³-hybridized carbons (Fsp3) is 0.684. The maximum atomic E-state index is 10.9. The summed E-state index contributed by atoms with van der Waals surface area (Å²) in [6.07, 6.45) is 10.2. The second-order valence-corrected chi connectivity index (χ2v) is 6.66. The molecule has 0 radical (unpaired) electrons. The summed E-state index contributed by atoms with van der Waals surface area (Å²) in [4.78, 5) is 0. The highest BCUT2D eigenvalue weighted by Gasteiger charge is 2.30. The summed E-state index contributed by atoms with van der Waals surface area (Å²) in [5.74, 6) is 0.844. The predicted molar refractivity (Wildman–Crippen MR) is 86.0 cm³/mol. The first kappa shape index (κ1) is 15.6. The third-order valence-electron chi connectivity index (χ3n) is 4.93. The molecule has 20 heavy (non-hydrogen) atoms. The summed E-state index contributed by atoms with van der Waals surface area (Å²) < 4.78 is 0. The summed E-state index contributed by atoms with van der Waals surface area (Å²) in [6, 6.07) is 8.81. The SMILES string of the molecule is CCCC1CCCC(O)(Cc2ccc(CC)cc2)CC1. The average Bonchev–Trinajstić information content (AvgIpc) is 2.63. The molecule has 1 saturated carbocycles. The van der Waals surface area contributed by atoms with Gasteiger partial charge in [-0.3, -0.25) is 0 Å². The first-order valence-corrected chi connectivity index (χ1v) is 8.45. The first-order valence-electron chi connectivity index (χ1n) is 8.45. The molecule has 0 heterocycles.